The second kappa shape index (κ2) is 9.01. The Balaban J connectivity index is 1.61. The standard InChI is InChI=1S/C24H21ClFN3O3/c1-14(24(31)29-8-2-3-15(11-27)13-29)32-17-5-7-18-20(10-17)23(30)28-12-21(18)19-6-4-16(26)9-22(19)25/h4-7,9-10,12,14-15H,2-3,8,13H2,1H3,(H,28,30)/t14-,15-/m1/s1. The SMILES string of the molecule is C[C@@H](Oc1ccc2c(-c3ccc(F)cc3Cl)c[nH]c(=O)c2c1)C(=O)N1CCC[C@H](C#N)C1. The van der Waals surface area contributed by atoms with Gasteiger partial charge in [-0.1, -0.05) is 11.6 Å². The Kier molecular flexibility index (Phi) is 6.15. The summed E-state index contributed by atoms with van der Waals surface area (Å²) < 4.78 is 19.3. The third-order valence-corrected chi connectivity index (χ3v) is 5.98. The summed E-state index contributed by atoms with van der Waals surface area (Å²) in [6, 6.07) is 11.3. The molecule has 164 valence electrons. The molecule has 0 unspecified atom stereocenters. The Morgan fingerprint density at radius 2 is 2.09 bits per heavy atom. The Morgan fingerprint density at radius 1 is 1.28 bits per heavy atom. The Morgan fingerprint density at radius 3 is 2.84 bits per heavy atom. The van der Waals surface area contributed by atoms with E-state index in [4.69, 9.17) is 21.6 Å². The number of pyridine rings is 1. The van der Waals surface area contributed by atoms with E-state index in [1.54, 1.807) is 42.3 Å². The molecule has 1 fully saturated rings. The first-order valence-corrected chi connectivity index (χ1v) is 10.7. The van der Waals surface area contributed by atoms with Gasteiger partial charge in [0, 0.05) is 30.4 Å². The first-order valence-electron chi connectivity index (χ1n) is 10.3. The number of aromatic nitrogens is 1. The first kappa shape index (κ1) is 21.8. The summed E-state index contributed by atoms with van der Waals surface area (Å²) in [5, 5.41) is 10.4. The van der Waals surface area contributed by atoms with E-state index < -0.39 is 11.9 Å². The monoisotopic (exact) mass is 453 g/mol. The van der Waals surface area contributed by atoms with Crippen LogP contribution in [0.2, 0.25) is 5.02 Å². The minimum Gasteiger partial charge on any atom is -0.481 e. The van der Waals surface area contributed by atoms with Gasteiger partial charge >= 0.3 is 0 Å². The van der Waals surface area contributed by atoms with Crippen molar-refractivity contribution >= 4 is 28.3 Å². The number of carbonyl (C=O) groups excluding carboxylic acids is 1. The lowest BCUT2D eigenvalue weighted by molar-refractivity contribution is -0.139. The number of halogens is 2. The highest BCUT2D eigenvalue weighted by Crippen LogP contribution is 2.33. The van der Waals surface area contributed by atoms with Crippen LogP contribution in [0, 0.1) is 23.1 Å². The second-order valence-electron chi connectivity index (χ2n) is 7.88. The van der Waals surface area contributed by atoms with Crippen molar-refractivity contribution in [1.29, 1.82) is 5.26 Å². The van der Waals surface area contributed by atoms with Crippen LogP contribution in [0.3, 0.4) is 0 Å². The molecule has 2 atom stereocenters. The Hall–Kier alpha value is -3.37. The highest BCUT2D eigenvalue weighted by Gasteiger charge is 2.27. The van der Waals surface area contributed by atoms with Gasteiger partial charge < -0.3 is 14.6 Å². The average Bonchev–Trinajstić information content (AvgIpc) is 2.79. The summed E-state index contributed by atoms with van der Waals surface area (Å²) in [5.41, 5.74) is 0.916. The van der Waals surface area contributed by atoms with Gasteiger partial charge in [-0.3, -0.25) is 9.59 Å². The van der Waals surface area contributed by atoms with E-state index in [0.29, 0.717) is 40.7 Å². The molecule has 3 aromatic rings. The zero-order valence-corrected chi connectivity index (χ0v) is 18.2. The maximum absolute atomic E-state index is 13.5. The number of aromatic amines is 1. The molecule has 0 bridgehead atoms. The number of H-pyrrole nitrogens is 1. The van der Waals surface area contributed by atoms with Crippen LogP contribution >= 0.6 is 11.6 Å². The smallest absolute Gasteiger partial charge is 0.263 e. The van der Waals surface area contributed by atoms with Gasteiger partial charge in [-0.05, 0) is 61.5 Å². The molecule has 1 amide bonds. The average molecular weight is 454 g/mol. The lowest BCUT2D eigenvalue weighted by atomic mass is 9.99. The third-order valence-electron chi connectivity index (χ3n) is 5.67. The van der Waals surface area contributed by atoms with Crippen molar-refractivity contribution in [3.8, 4) is 22.9 Å². The molecule has 0 radical (unpaired) electrons. The highest BCUT2D eigenvalue weighted by molar-refractivity contribution is 6.33. The molecule has 1 saturated heterocycles. The molecule has 0 spiro atoms. The van der Waals surface area contributed by atoms with E-state index in [1.807, 2.05) is 0 Å². The van der Waals surface area contributed by atoms with Gasteiger partial charge in [0.15, 0.2) is 6.10 Å². The summed E-state index contributed by atoms with van der Waals surface area (Å²) in [7, 11) is 0. The molecule has 1 N–H and O–H groups in total. The summed E-state index contributed by atoms with van der Waals surface area (Å²) in [6.45, 7) is 2.66. The summed E-state index contributed by atoms with van der Waals surface area (Å²) in [6.07, 6.45) is 2.36. The molecule has 2 aromatic carbocycles. The van der Waals surface area contributed by atoms with Gasteiger partial charge in [-0.25, -0.2) is 4.39 Å². The number of carbonyl (C=O) groups is 1. The van der Waals surface area contributed by atoms with Crippen molar-refractivity contribution < 1.29 is 13.9 Å². The summed E-state index contributed by atoms with van der Waals surface area (Å²) in [4.78, 5) is 29.6. The predicted molar refractivity (Wildman–Crippen MR) is 120 cm³/mol. The molecule has 4 rings (SSSR count). The number of piperidine rings is 1. The van der Waals surface area contributed by atoms with Gasteiger partial charge in [0.1, 0.15) is 11.6 Å². The minimum atomic E-state index is -0.765. The van der Waals surface area contributed by atoms with Crippen molar-refractivity contribution in [2.45, 2.75) is 25.9 Å². The Bertz CT molecular complexity index is 1280. The number of benzene rings is 2. The zero-order valence-electron chi connectivity index (χ0n) is 17.4. The summed E-state index contributed by atoms with van der Waals surface area (Å²) >= 11 is 6.21. The Labute approximate surface area is 189 Å². The van der Waals surface area contributed by atoms with Crippen molar-refractivity contribution in [2.75, 3.05) is 13.1 Å². The van der Waals surface area contributed by atoms with E-state index in [1.165, 1.54) is 12.1 Å². The molecule has 1 aromatic heterocycles. The van der Waals surface area contributed by atoms with Gasteiger partial charge in [0.05, 0.1) is 22.4 Å². The minimum absolute atomic E-state index is 0.157. The fourth-order valence-corrected chi connectivity index (χ4v) is 4.31. The number of fused-ring (bicyclic) bond motifs is 1. The van der Waals surface area contributed by atoms with Crippen LogP contribution in [-0.2, 0) is 4.79 Å². The van der Waals surface area contributed by atoms with Crippen LogP contribution in [0.15, 0.2) is 47.4 Å². The molecule has 1 aliphatic rings. The van der Waals surface area contributed by atoms with Crippen LogP contribution < -0.4 is 10.3 Å². The molecular formula is C24H21ClFN3O3. The molecule has 2 heterocycles. The van der Waals surface area contributed by atoms with Crippen molar-refractivity contribution in [3.05, 3.63) is 63.8 Å². The van der Waals surface area contributed by atoms with Crippen molar-refractivity contribution in [1.82, 2.24) is 9.88 Å². The van der Waals surface area contributed by atoms with Crippen molar-refractivity contribution in [3.63, 3.8) is 0 Å². The number of amides is 1. The van der Waals surface area contributed by atoms with Crippen LogP contribution in [0.5, 0.6) is 5.75 Å². The normalized spacial score (nSPS) is 17.1. The van der Waals surface area contributed by atoms with E-state index in [-0.39, 0.29) is 22.4 Å². The third kappa shape index (κ3) is 4.32. The van der Waals surface area contributed by atoms with Gasteiger partial charge in [-0.15, -0.1) is 0 Å². The van der Waals surface area contributed by atoms with Crippen molar-refractivity contribution in [2.24, 2.45) is 5.92 Å². The number of nitriles is 1. The highest BCUT2D eigenvalue weighted by atomic mass is 35.5. The van der Waals surface area contributed by atoms with Gasteiger partial charge in [0.2, 0.25) is 0 Å². The second-order valence-corrected chi connectivity index (χ2v) is 8.28. The number of ether oxygens (including phenoxy) is 1. The van der Waals surface area contributed by atoms with Crippen LogP contribution in [0.4, 0.5) is 4.39 Å². The van der Waals surface area contributed by atoms with Crippen LogP contribution in [-0.4, -0.2) is 35.0 Å². The maximum atomic E-state index is 13.5. The van der Waals surface area contributed by atoms with Crippen LogP contribution in [0.25, 0.3) is 21.9 Å². The molecule has 32 heavy (non-hydrogen) atoms. The lowest BCUT2D eigenvalue weighted by Crippen LogP contribution is -2.45. The number of rotatable bonds is 4. The van der Waals surface area contributed by atoms with Gasteiger partial charge in [-0.2, -0.15) is 5.26 Å². The van der Waals surface area contributed by atoms with Gasteiger partial charge in [0.25, 0.3) is 11.5 Å². The largest absolute Gasteiger partial charge is 0.481 e. The molecule has 8 heteroatoms. The number of hydrogen-bond donors (Lipinski definition) is 1. The quantitative estimate of drug-likeness (QED) is 0.629. The molecule has 0 aliphatic carbocycles. The lowest BCUT2D eigenvalue weighted by Gasteiger charge is -2.31. The number of nitrogens with one attached hydrogen (secondary N) is 1. The fourth-order valence-electron chi connectivity index (χ4n) is 4.04. The maximum Gasteiger partial charge on any atom is 0.263 e. The molecule has 1 aliphatic heterocycles. The van der Waals surface area contributed by atoms with E-state index in [0.717, 1.165) is 12.8 Å². The molecular weight excluding hydrogens is 433 g/mol. The van der Waals surface area contributed by atoms with E-state index in [9.17, 15) is 14.0 Å². The fraction of sp³-hybridized carbons (Fsp3) is 0.292. The number of nitrogens with zero attached hydrogens (tertiary/aromatic N) is 2. The summed E-state index contributed by atoms with van der Waals surface area (Å²) in [5.74, 6) is -0.418. The topological polar surface area (TPSA) is 86.2 Å². The first-order chi connectivity index (χ1) is 15.4. The zero-order chi connectivity index (χ0) is 22.8. The molecule has 0 saturated carbocycles. The van der Waals surface area contributed by atoms with E-state index in [2.05, 4.69) is 11.1 Å². The van der Waals surface area contributed by atoms with E-state index >= 15 is 0 Å². The predicted octanol–water partition coefficient (Wildman–Crippen LogP) is 4.52. The van der Waals surface area contributed by atoms with Crippen LogP contribution in [0.1, 0.15) is 19.8 Å². The number of hydrogen-bond acceptors (Lipinski definition) is 4. The number of likely N-dealkylation sites (tertiary alicyclic amines) is 1. The molecule has 6 nitrogen and oxygen atoms in total.